The molecule has 0 aliphatic carbocycles. The summed E-state index contributed by atoms with van der Waals surface area (Å²) in [5.74, 6) is -0.375. The van der Waals surface area contributed by atoms with Crippen molar-refractivity contribution in [3.8, 4) is 5.88 Å². The number of nitrogens with zero attached hydrogens (tertiary/aromatic N) is 4. The van der Waals surface area contributed by atoms with E-state index in [1.807, 2.05) is 4.90 Å². The van der Waals surface area contributed by atoms with Crippen LogP contribution in [-0.4, -0.2) is 48.8 Å². The van der Waals surface area contributed by atoms with Crippen molar-refractivity contribution in [3.63, 3.8) is 0 Å². The number of halogens is 2. The zero-order valence-electron chi connectivity index (χ0n) is 13.5. The summed E-state index contributed by atoms with van der Waals surface area (Å²) in [6.45, 7) is 1.13. The molecule has 0 aromatic carbocycles. The third-order valence-electron chi connectivity index (χ3n) is 4.59. The van der Waals surface area contributed by atoms with Crippen LogP contribution in [0.5, 0.6) is 5.88 Å². The molecule has 1 unspecified atom stereocenters. The van der Waals surface area contributed by atoms with E-state index in [2.05, 4.69) is 15.0 Å². The predicted octanol–water partition coefficient (Wildman–Crippen LogP) is 2.36. The van der Waals surface area contributed by atoms with Crippen LogP contribution in [0, 0.1) is 5.82 Å². The highest BCUT2D eigenvalue weighted by Gasteiger charge is 2.32. The Labute approximate surface area is 149 Å². The molecular weight excluding hydrogens is 371 g/mol. The first-order chi connectivity index (χ1) is 11.9. The fourth-order valence-electron chi connectivity index (χ4n) is 3.43. The van der Waals surface area contributed by atoms with E-state index < -0.39 is 26.0 Å². The number of hydrogen-bond donors (Lipinski definition) is 0. The van der Waals surface area contributed by atoms with Crippen LogP contribution in [-0.2, 0) is 9.84 Å². The van der Waals surface area contributed by atoms with Crippen molar-refractivity contribution in [2.75, 3.05) is 24.3 Å². The average molecular weight is 387 g/mol. The van der Waals surface area contributed by atoms with Crippen molar-refractivity contribution >= 4 is 38.2 Å². The Kier molecular flexibility index (Phi) is 3.95. The summed E-state index contributed by atoms with van der Waals surface area (Å²) < 4.78 is 44.3. The summed E-state index contributed by atoms with van der Waals surface area (Å²) in [6.07, 6.45) is 4.72. The summed E-state index contributed by atoms with van der Waals surface area (Å²) in [7, 11) is -3.72. The van der Waals surface area contributed by atoms with Crippen molar-refractivity contribution in [2.45, 2.75) is 36.9 Å². The molecule has 25 heavy (non-hydrogen) atoms. The molecule has 2 aliphatic heterocycles. The first kappa shape index (κ1) is 16.7. The van der Waals surface area contributed by atoms with Gasteiger partial charge in [-0.3, -0.25) is 0 Å². The molecule has 4 heterocycles. The van der Waals surface area contributed by atoms with Gasteiger partial charge < -0.3 is 9.64 Å². The Morgan fingerprint density at radius 1 is 1.24 bits per heavy atom. The normalized spacial score (nSPS) is 20.6. The largest absolute Gasteiger partial charge is 0.477 e. The van der Waals surface area contributed by atoms with Crippen LogP contribution in [0.15, 0.2) is 5.16 Å². The number of aromatic nitrogens is 3. The molecule has 2 aromatic heterocycles. The van der Waals surface area contributed by atoms with Gasteiger partial charge in [0, 0.05) is 25.3 Å². The fraction of sp³-hybridized carbons (Fsp3) is 0.533. The molecule has 0 amide bonds. The van der Waals surface area contributed by atoms with Crippen molar-refractivity contribution in [1.82, 2.24) is 15.0 Å². The lowest BCUT2D eigenvalue weighted by molar-refractivity contribution is 0.271. The van der Waals surface area contributed by atoms with Crippen LogP contribution in [0.3, 0.4) is 0 Å². The first-order valence-corrected chi connectivity index (χ1v) is 10.3. The van der Waals surface area contributed by atoms with E-state index in [1.165, 1.54) is 0 Å². The van der Waals surface area contributed by atoms with Gasteiger partial charge in [-0.15, -0.1) is 0 Å². The predicted molar refractivity (Wildman–Crippen MR) is 90.5 cm³/mol. The Morgan fingerprint density at radius 3 is 2.80 bits per heavy atom. The zero-order valence-corrected chi connectivity index (χ0v) is 15.1. The van der Waals surface area contributed by atoms with E-state index in [9.17, 15) is 12.8 Å². The summed E-state index contributed by atoms with van der Waals surface area (Å²) >= 11 is 5.86. The van der Waals surface area contributed by atoms with E-state index in [-0.39, 0.29) is 22.8 Å². The van der Waals surface area contributed by atoms with Crippen LogP contribution in [0.2, 0.25) is 5.15 Å². The van der Waals surface area contributed by atoms with Crippen molar-refractivity contribution in [1.29, 1.82) is 0 Å². The van der Waals surface area contributed by atoms with Crippen LogP contribution in [0.4, 0.5) is 10.2 Å². The monoisotopic (exact) mass is 386 g/mol. The van der Waals surface area contributed by atoms with Crippen molar-refractivity contribution < 1.29 is 17.5 Å². The van der Waals surface area contributed by atoms with Gasteiger partial charge in [0.15, 0.2) is 11.0 Å². The Morgan fingerprint density at radius 2 is 2.04 bits per heavy atom. The van der Waals surface area contributed by atoms with Crippen LogP contribution < -0.4 is 9.64 Å². The average Bonchev–Trinajstić information content (AvgIpc) is 2.56. The highest BCUT2D eigenvalue weighted by Crippen LogP contribution is 2.39. The number of pyridine rings is 1. The van der Waals surface area contributed by atoms with Crippen LogP contribution in [0.1, 0.15) is 25.7 Å². The third-order valence-corrected chi connectivity index (χ3v) is 5.69. The molecule has 7 nitrogen and oxygen atoms in total. The Hall–Kier alpha value is -1.74. The minimum absolute atomic E-state index is 0.139. The molecule has 2 aromatic rings. The topological polar surface area (TPSA) is 85.3 Å². The summed E-state index contributed by atoms with van der Waals surface area (Å²) in [5.41, 5.74) is -0.174. The lowest BCUT2D eigenvalue weighted by atomic mass is 9.98. The van der Waals surface area contributed by atoms with Gasteiger partial charge in [-0.1, -0.05) is 11.6 Å². The maximum Gasteiger partial charge on any atom is 0.249 e. The van der Waals surface area contributed by atoms with Gasteiger partial charge in [0.05, 0.1) is 6.61 Å². The number of hydrogen-bond acceptors (Lipinski definition) is 7. The molecule has 0 N–H and O–H groups in total. The second kappa shape index (κ2) is 5.91. The van der Waals surface area contributed by atoms with Gasteiger partial charge >= 0.3 is 0 Å². The minimum Gasteiger partial charge on any atom is -0.477 e. The first-order valence-electron chi connectivity index (χ1n) is 8.02. The van der Waals surface area contributed by atoms with Gasteiger partial charge in [0.25, 0.3) is 0 Å². The maximum absolute atomic E-state index is 14.6. The standard InChI is InChI=1S/C15H16ClFN4O3S/c1-25(22,23)15-18-11-9-13(20-15)21-6-3-2-4-8(21)5-7-24-14(9)19-12(16)10(11)17/h8H,2-7H2,1H3. The summed E-state index contributed by atoms with van der Waals surface area (Å²) in [6, 6.07) is 0.158. The van der Waals surface area contributed by atoms with E-state index in [0.717, 1.165) is 31.9 Å². The molecule has 1 saturated heterocycles. The molecule has 4 rings (SSSR count). The summed E-state index contributed by atoms with van der Waals surface area (Å²) in [5, 5.41) is -0.546. The van der Waals surface area contributed by atoms with Gasteiger partial charge in [0.2, 0.25) is 20.9 Å². The van der Waals surface area contributed by atoms with Gasteiger partial charge in [0.1, 0.15) is 16.7 Å². The van der Waals surface area contributed by atoms with Crippen LogP contribution in [0.25, 0.3) is 10.9 Å². The number of sulfone groups is 1. The molecule has 10 heteroatoms. The second-order valence-electron chi connectivity index (χ2n) is 6.33. The molecular formula is C15H16ClFN4O3S. The Balaban J connectivity index is 2.10. The lowest BCUT2D eigenvalue weighted by Crippen LogP contribution is -2.42. The van der Waals surface area contributed by atoms with Crippen LogP contribution >= 0.6 is 11.6 Å². The number of ether oxygens (including phenoxy) is 1. The Bertz CT molecular complexity index is 969. The highest BCUT2D eigenvalue weighted by atomic mass is 35.5. The quantitative estimate of drug-likeness (QED) is 0.549. The van der Waals surface area contributed by atoms with Crippen molar-refractivity contribution in [3.05, 3.63) is 11.0 Å². The molecule has 0 radical (unpaired) electrons. The van der Waals surface area contributed by atoms with Gasteiger partial charge in [-0.05, 0) is 19.3 Å². The molecule has 2 aliphatic rings. The second-order valence-corrected chi connectivity index (χ2v) is 8.59. The molecule has 1 atom stereocenters. The van der Waals surface area contributed by atoms with E-state index in [1.54, 1.807) is 0 Å². The number of fused-ring (bicyclic) bond motifs is 2. The van der Waals surface area contributed by atoms with Gasteiger partial charge in [-0.25, -0.2) is 22.8 Å². The van der Waals surface area contributed by atoms with Crippen molar-refractivity contribution in [2.24, 2.45) is 0 Å². The SMILES string of the molecule is CS(=O)(=O)c1nc2c3c(nc(Cl)c(F)c3n1)OCCC1CCCCN21. The maximum atomic E-state index is 14.6. The molecule has 0 bridgehead atoms. The minimum atomic E-state index is -3.72. The number of rotatable bonds is 1. The van der Waals surface area contributed by atoms with E-state index >= 15 is 0 Å². The van der Waals surface area contributed by atoms with Gasteiger partial charge in [-0.2, -0.15) is 4.98 Å². The third kappa shape index (κ3) is 2.79. The molecule has 134 valence electrons. The zero-order chi connectivity index (χ0) is 17.8. The molecule has 0 spiro atoms. The van der Waals surface area contributed by atoms with E-state index in [4.69, 9.17) is 16.3 Å². The smallest absolute Gasteiger partial charge is 0.249 e. The lowest BCUT2D eigenvalue weighted by Gasteiger charge is -2.38. The highest BCUT2D eigenvalue weighted by molar-refractivity contribution is 7.90. The number of piperidine rings is 1. The fourth-order valence-corrected chi connectivity index (χ4v) is 4.10. The molecule has 1 fully saturated rings. The number of anilines is 1. The van der Waals surface area contributed by atoms with E-state index in [0.29, 0.717) is 19.0 Å². The molecule has 0 saturated carbocycles. The summed E-state index contributed by atoms with van der Waals surface area (Å²) in [4.78, 5) is 14.2.